The summed E-state index contributed by atoms with van der Waals surface area (Å²) in [6.07, 6.45) is 1.66. The van der Waals surface area contributed by atoms with E-state index < -0.39 is 9.84 Å². The van der Waals surface area contributed by atoms with Crippen LogP contribution in [0.15, 0.2) is 47.7 Å². The van der Waals surface area contributed by atoms with E-state index in [4.69, 9.17) is 0 Å². The van der Waals surface area contributed by atoms with Crippen molar-refractivity contribution in [2.24, 2.45) is 0 Å². The van der Waals surface area contributed by atoms with Gasteiger partial charge in [-0.1, -0.05) is 31.4 Å². The highest BCUT2D eigenvalue weighted by Crippen LogP contribution is 2.13. The van der Waals surface area contributed by atoms with Gasteiger partial charge in [0, 0.05) is 5.41 Å². The van der Waals surface area contributed by atoms with Crippen LogP contribution in [0, 0.1) is 0 Å². The van der Waals surface area contributed by atoms with Crippen LogP contribution in [-0.2, 0) is 9.84 Å². The van der Waals surface area contributed by atoms with Crippen molar-refractivity contribution >= 4 is 15.9 Å². The molecule has 0 aromatic heterocycles. The number of sulfone groups is 1. The predicted molar refractivity (Wildman–Crippen MR) is 53.9 cm³/mol. The molecule has 0 radical (unpaired) electrons. The number of hydrogen-bond donors (Lipinski definition) is 0. The van der Waals surface area contributed by atoms with Crippen LogP contribution in [-0.4, -0.2) is 8.42 Å². The third-order valence-electron chi connectivity index (χ3n) is 1.66. The molecule has 0 N–H and O–H groups in total. The van der Waals surface area contributed by atoms with Crippen LogP contribution in [0.3, 0.4) is 0 Å². The van der Waals surface area contributed by atoms with Crippen LogP contribution in [0.2, 0.25) is 0 Å². The SMILES string of the molecule is C=Cc1ccc(S(=O)(=O)C=C)cc1. The summed E-state index contributed by atoms with van der Waals surface area (Å²) in [5.74, 6) is 0. The second-order valence-corrected chi connectivity index (χ2v) is 4.38. The molecule has 2 nitrogen and oxygen atoms in total. The van der Waals surface area contributed by atoms with Gasteiger partial charge in [0.2, 0.25) is 0 Å². The minimum atomic E-state index is -3.29. The molecule has 13 heavy (non-hydrogen) atoms. The molecule has 68 valence electrons. The predicted octanol–water partition coefficient (Wildman–Crippen LogP) is 2.25. The lowest BCUT2D eigenvalue weighted by Gasteiger charge is -1.98. The first kappa shape index (κ1) is 9.74. The Morgan fingerprint density at radius 1 is 1.08 bits per heavy atom. The van der Waals surface area contributed by atoms with Crippen molar-refractivity contribution in [3.05, 3.63) is 48.4 Å². The van der Waals surface area contributed by atoms with Gasteiger partial charge in [0.05, 0.1) is 4.90 Å². The molecular formula is C10H10O2S. The van der Waals surface area contributed by atoms with Crippen molar-refractivity contribution in [3.63, 3.8) is 0 Å². The summed E-state index contributed by atoms with van der Waals surface area (Å²) < 4.78 is 22.5. The summed E-state index contributed by atoms with van der Waals surface area (Å²) in [4.78, 5) is 0.258. The Kier molecular flexibility index (Phi) is 2.68. The normalized spacial score (nSPS) is 10.8. The zero-order chi connectivity index (χ0) is 9.90. The largest absolute Gasteiger partial charge is 0.219 e. The zero-order valence-electron chi connectivity index (χ0n) is 7.10. The molecular weight excluding hydrogens is 184 g/mol. The molecule has 0 fully saturated rings. The molecule has 0 atom stereocenters. The smallest absolute Gasteiger partial charge is 0.199 e. The lowest BCUT2D eigenvalue weighted by molar-refractivity contribution is 0.604. The van der Waals surface area contributed by atoms with Gasteiger partial charge in [0.25, 0.3) is 0 Å². The van der Waals surface area contributed by atoms with Gasteiger partial charge in [-0.25, -0.2) is 8.42 Å². The van der Waals surface area contributed by atoms with Gasteiger partial charge in [0.15, 0.2) is 9.84 Å². The molecule has 0 spiro atoms. The van der Waals surface area contributed by atoms with Crippen LogP contribution in [0.5, 0.6) is 0 Å². The minimum Gasteiger partial charge on any atom is -0.219 e. The maximum absolute atomic E-state index is 11.3. The molecule has 3 heteroatoms. The average Bonchev–Trinajstić information content (AvgIpc) is 2.18. The van der Waals surface area contributed by atoms with E-state index in [2.05, 4.69) is 13.2 Å². The average molecular weight is 194 g/mol. The third-order valence-corrected chi connectivity index (χ3v) is 3.03. The van der Waals surface area contributed by atoms with Gasteiger partial charge in [0.1, 0.15) is 0 Å². The van der Waals surface area contributed by atoms with E-state index in [-0.39, 0.29) is 4.90 Å². The second kappa shape index (κ2) is 3.58. The maximum Gasteiger partial charge on any atom is 0.199 e. The van der Waals surface area contributed by atoms with E-state index in [1.807, 2.05) is 0 Å². The molecule has 0 saturated carbocycles. The molecule has 0 bridgehead atoms. The highest BCUT2D eigenvalue weighted by atomic mass is 32.2. The molecule has 0 amide bonds. The van der Waals surface area contributed by atoms with Crippen molar-refractivity contribution in [1.29, 1.82) is 0 Å². The quantitative estimate of drug-likeness (QED) is 0.739. The van der Waals surface area contributed by atoms with Crippen LogP contribution >= 0.6 is 0 Å². The van der Waals surface area contributed by atoms with Crippen LogP contribution in [0.4, 0.5) is 0 Å². The third kappa shape index (κ3) is 2.06. The van der Waals surface area contributed by atoms with Crippen molar-refractivity contribution < 1.29 is 8.42 Å². The first-order valence-corrected chi connectivity index (χ1v) is 5.25. The summed E-state index contributed by atoms with van der Waals surface area (Å²) in [5, 5.41) is 0.940. The molecule has 1 rings (SSSR count). The van der Waals surface area contributed by atoms with Crippen molar-refractivity contribution in [1.82, 2.24) is 0 Å². The van der Waals surface area contributed by atoms with Gasteiger partial charge < -0.3 is 0 Å². The lowest BCUT2D eigenvalue weighted by atomic mass is 10.2. The highest BCUT2D eigenvalue weighted by Gasteiger charge is 2.07. The number of rotatable bonds is 3. The van der Waals surface area contributed by atoms with E-state index in [0.717, 1.165) is 11.0 Å². The summed E-state index contributed by atoms with van der Waals surface area (Å²) in [6, 6.07) is 6.47. The minimum absolute atomic E-state index is 0.258. The van der Waals surface area contributed by atoms with E-state index >= 15 is 0 Å². The van der Waals surface area contributed by atoms with E-state index in [1.165, 1.54) is 12.1 Å². The first-order valence-electron chi connectivity index (χ1n) is 3.70. The molecule has 1 aromatic carbocycles. The molecule has 1 aromatic rings. The van der Waals surface area contributed by atoms with E-state index in [9.17, 15) is 8.42 Å². The maximum atomic E-state index is 11.3. The summed E-state index contributed by atoms with van der Waals surface area (Å²) in [7, 11) is -3.29. The zero-order valence-corrected chi connectivity index (χ0v) is 7.92. The van der Waals surface area contributed by atoms with E-state index in [1.54, 1.807) is 18.2 Å². The molecule has 0 unspecified atom stereocenters. The van der Waals surface area contributed by atoms with Gasteiger partial charge in [-0.3, -0.25) is 0 Å². The Morgan fingerprint density at radius 2 is 1.62 bits per heavy atom. The van der Waals surface area contributed by atoms with Gasteiger partial charge in [-0.15, -0.1) is 0 Å². The molecule has 0 aliphatic heterocycles. The van der Waals surface area contributed by atoms with Gasteiger partial charge in [-0.2, -0.15) is 0 Å². The Hall–Kier alpha value is -1.35. The van der Waals surface area contributed by atoms with E-state index in [0.29, 0.717) is 0 Å². The summed E-state index contributed by atoms with van der Waals surface area (Å²) >= 11 is 0. The Bertz CT molecular complexity index is 413. The summed E-state index contributed by atoms with van der Waals surface area (Å²) in [5.41, 5.74) is 0.892. The number of hydrogen-bond acceptors (Lipinski definition) is 2. The highest BCUT2D eigenvalue weighted by molar-refractivity contribution is 7.94. The first-order chi connectivity index (χ1) is 6.10. The second-order valence-electron chi connectivity index (χ2n) is 2.48. The monoisotopic (exact) mass is 194 g/mol. The van der Waals surface area contributed by atoms with Gasteiger partial charge in [-0.05, 0) is 17.7 Å². The van der Waals surface area contributed by atoms with Crippen molar-refractivity contribution in [2.75, 3.05) is 0 Å². The molecule has 0 aliphatic carbocycles. The fraction of sp³-hybridized carbons (Fsp3) is 0. The fourth-order valence-corrected chi connectivity index (χ4v) is 1.60. The van der Waals surface area contributed by atoms with Crippen LogP contribution in [0.1, 0.15) is 5.56 Å². The molecule has 0 aliphatic rings. The Balaban J connectivity index is 3.20. The van der Waals surface area contributed by atoms with Crippen molar-refractivity contribution in [3.8, 4) is 0 Å². The standard InChI is InChI=1S/C10H10O2S/c1-3-9-5-7-10(8-6-9)13(11,12)4-2/h3-8H,1-2H2. The topological polar surface area (TPSA) is 34.1 Å². The number of benzene rings is 1. The summed E-state index contributed by atoms with van der Waals surface area (Å²) in [6.45, 7) is 6.82. The lowest BCUT2D eigenvalue weighted by Crippen LogP contribution is -1.94. The van der Waals surface area contributed by atoms with Gasteiger partial charge >= 0.3 is 0 Å². The van der Waals surface area contributed by atoms with Crippen LogP contribution in [0.25, 0.3) is 6.08 Å². The van der Waals surface area contributed by atoms with Crippen LogP contribution < -0.4 is 0 Å². The van der Waals surface area contributed by atoms with Crippen molar-refractivity contribution in [2.45, 2.75) is 4.90 Å². The fourth-order valence-electron chi connectivity index (χ4n) is 0.890. The molecule has 0 heterocycles. The Labute approximate surface area is 78.1 Å². The molecule has 0 saturated heterocycles. The Morgan fingerprint density at radius 3 is 2.00 bits per heavy atom.